The number of rotatable bonds is 6. The third-order valence-electron chi connectivity index (χ3n) is 4.87. The summed E-state index contributed by atoms with van der Waals surface area (Å²) in [6.07, 6.45) is 4.33. The first-order valence-corrected chi connectivity index (χ1v) is 10.6. The average molecular weight is 437 g/mol. The van der Waals surface area contributed by atoms with Gasteiger partial charge in [-0.3, -0.25) is 14.7 Å². The topological polar surface area (TPSA) is 51.7 Å². The predicted molar refractivity (Wildman–Crippen MR) is 125 cm³/mol. The van der Waals surface area contributed by atoms with Crippen LogP contribution in [0.15, 0.2) is 59.6 Å². The highest BCUT2D eigenvalue weighted by Crippen LogP contribution is 2.33. The molecule has 1 aliphatic heterocycles. The van der Waals surface area contributed by atoms with Gasteiger partial charge in [-0.1, -0.05) is 42.2 Å². The Morgan fingerprint density at radius 2 is 1.93 bits per heavy atom. The van der Waals surface area contributed by atoms with Gasteiger partial charge >= 0.3 is 0 Å². The summed E-state index contributed by atoms with van der Waals surface area (Å²) in [7, 11) is 3.22. The molecule has 0 saturated carbocycles. The highest BCUT2D eigenvalue weighted by molar-refractivity contribution is 8.26. The molecule has 0 atom stereocenters. The number of hydrogen-bond donors (Lipinski definition) is 0. The molecule has 0 N–H and O–H groups in total. The number of thiocarbonyl (C=S) groups is 1. The van der Waals surface area contributed by atoms with E-state index in [0.29, 0.717) is 33.7 Å². The quantitative estimate of drug-likeness (QED) is 0.413. The molecule has 0 unspecified atom stereocenters. The molecule has 152 valence electrons. The molecule has 0 radical (unpaired) electrons. The third kappa shape index (κ3) is 4.17. The van der Waals surface area contributed by atoms with Gasteiger partial charge in [0.05, 0.1) is 24.6 Å². The Bertz CT molecular complexity index is 1160. The van der Waals surface area contributed by atoms with E-state index < -0.39 is 0 Å². The molecule has 1 aromatic heterocycles. The maximum atomic E-state index is 12.9. The Balaban J connectivity index is 1.49. The lowest BCUT2D eigenvalue weighted by molar-refractivity contribution is -0.122. The van der Waals surface area contributed by atoms with E-state index >= 15 is 0 Å². The number of hydrogen-bond acceptors (Lipinski definition) is 6. The van der Waals surface area contributed by atoms with Crippen molar-refractivity contribution in [3.05, 3.63) is 70.8 Å². The van der Waals surface area contributed by atoms with Crippen molar-refractivity contribution in [1.82, 2.24) is 9.88 Å². The van der Waals surface area contributed by atoms with Gasteiger partial charge in [0.25, 0.3) is 5.91 Å². The third-order valence-corrected chi connectivity index (χ3v) is 6.25. The van der Waals surface area contributed by atoms with Crippen LogP contribution in [0.3, 0.4) is 0 Å². The molecule has 1 amide bonds. The van der Waals surface area contributed by atoms with Gasteiger partial charge in [0.2, 0.25) is 0 Å². The summed E-state index contributed by atoms with van der Waals surface area (Å²) < 4.78 is 11.2. The van der Waals surface area contributed by atoms with Gasteiger partial charge in [-0.05, 0) is 54.0 Å². The molecule has 30 heavy (non-hydrogen) atoms. The van der Waals surface area contributed by atoms with Crippen LogP contribution in [-0.2, 0) is 11.2 Å². The summed E-state index contributed by atoms with van der Waals surface area (Å²) in [4.78, 5) is 19.5. The second kappa shape index (κ2) is 8.85. The Morgan fingerprint density at radius 3 is 2.73 bits per heavy atom. The molecule has 1 fully saturated rings. The first-order chi connectivity index (χ1) is 14.6. The normalized spacial score (nSPS) is 15.3. The van der Waals surface area contributed by atoms with Crippen LogP contribution in [-0.4, -0.2) is 40.9 Å². The molecule has 1 saturated heterocycles. The van der Waals surface area contributed by atoms with E-state index in [1.54, 1.807) is 25.3 Å². The zero-order valence-corrected chi connectivity index (χ0v) is 18.3. The smallest absolute Gasteiger partial charge is 0.266 e. The summed E-state index contributed by atoms with van der Waals surface area (Å²) in [5.74, 6) is 1.29. The number of carbonyl (C=O) groups excluding carboxylic acids is 1. The van der Waals surface area contributed by atoms with E-state index in [2.05, 4.69) is 4.98 Å². The van der Waals surface area contributed by atoms with E-state index in [1.807, 2.05) is 54.6 Å². The zero-order valence-electron chi connectivity index (χ0n) is 16.6. The van der Waals surface area contributed by atoms with Crippen LogP contribution in [0.1, 0.15) is 11.1 Å². The second-order valence-electron chi connectivity index (χ2n) is 6.73. The Kier molecular flexibility index (Phi) is 6.01. The van der Waals surface area contributed by atoms with Gasteiger partial charge in [-0.25, -0.2) is 0 Å². The summed E-state index contributed by atoms with van der Waals surface area (Å²) in [5.41, 5.74) is 2.93. The van der Waals surface area contributed by atoms with Gasteiger partial charge in [0, 0.05) is 18.1 Å². The molecular weight excluding hydrogens is 416 g/mol. The number of benzene rings is 2. The standard InChI is InChI=1S/C23H20N2O3S2/c1-27-19-8-6-15(13-20(19)28-2)9-11-25-22(26)21(30-23(25)29)14-16-5-7-18-17(12-16)4-3-10-24-18/h3-8,10,12-14H,9,11H2,1-2H3/b21-14+. The minimum Gasteiger partial charge on any atom is -0.493 e. The summed E-state index contributed by atoms with van der Waals surface area (Å²) in [6, 6.07) is 15.6. The van der Waals surface area contributed by atoms with Gasteiger partial charge < -0.3 is 9.47 Å². The Hall–Kier alpha value is -2.90. The van der Waals surface area contributed by atoms with Crippen molar-refractivity contribution in [2.75, 3.05) is 20.8 Å². The molecule has 5 nitrogen and oxygen atoms in total. The van der Waals surface area contributed by atoms with Crippen molar-refractivity contribution >= 4 is 51.2 Å². The number of amides is 1. The van der Waals surface area contributed by atoms with Crippen LogP contribution < -0.4 is 9.47 Å². The van der Waals surface area contributed by atoms with E-state index in [1.165, 1.54) is 11.8 Å². The van der Waals surface area contributed by atoms with E-state index in [9.17, 15) is 4.79 Å². The molecule has 2 aromatic carbocycles. The van der Waals surface area contributed by atoms with Crippen LogP contribution in [0.25, 0.3) is 17.0 Å². The minimum absolute atomic E-state index is 0.0586. The highest BCUT2D eigenvalue weighted by Gasteiger charge is 2.31. The molecule has 3 aromatic rings. The van der Waals surface area contributed by atoms with E-state index in [-0.39, 0.29) is 5.91 Å². The monoisotopic (exact) mass is 436 g/mol. The highest BCUT2D eigenvalue weighted by atomic mass is 32.2. The predicted octanol–water partition coefficient (Wildman–Crippen LogP) is 4.70. The number of fused-ring (bicyclic) bond motifs is 1. The fraction of sp³-hybridized carbons (Fsp3) is 0.174. The fourth-order valence-electron chi connectivity index (χ4n) is 3.31. The Morgan fingerprint density at radius 1 is 1.10 bits per heavy atom. The minimum atomic E-state index is -0.0586. The number of methoxy groups -OCH3 is 2. The SMILES string of the molecule is COc1ccc(CCN2C(=O)/C(=C\c3ccc4ncccc4c3)SC2=S)cc1OC. The van der Waals surface area contributed by atoms with Crippen LogP contribution in [0.5, 0.6) is 11.5 Å². The van der Waals surface area contributed by atoms with Crippen molar-refractivity contribution in [1.29, 1.82) is 0 Å². The maximum absolute atomic E-state index is 12.9. The van der Waals surface area contributed by atoms with E-state index in [0.717, 1.165) is 22.0 Å². The molecule has 1 aliphatic rings. The maximum Gasteiger partial charge on any atom is 0.266 e. The number of nitrogens with zero attached hydrogens (tertiary/aromatic N) is 2. The number of ether oxygens (including phenoxy) is 2. The molecule has 0 spiro atoms. The average Bonchev–Trinajstić information content (AvgIpc) is 3.04. The summed E-state index contributed by atoms with van der Waals surface area (Å²) in [5, 5.41) is 1.04. The van der Waals surface area contributed by atoms with Gasteiger partial charge in [0.1, 0.15) is 4.32 Å². The number of carbonyl (C=O) groups is 1. The molecule has 7 heteroatoms. The molecule has 0 bridgehead atoms. The van der Waals surface area contributed by atoms with Crippen LogP contribution >= 0.6 is 24.0 Å². The lowest BCUT2D eigenvalue weighted by Gasteiger charge is -2.15. The summed E-state index contributed by atoms with van der Waals surface area (Å²) in [6.45, 7) is 0.513. The zero-order chi connectivity index (χ0) is 21.1. The molecule has 0 aliphatic carbocycles. The van der Waals surface area contributed by atoms with Crippen LogP contribution in [0.4, 0.5) is 0 Å². The van der Waals surface area contributed by atoms with Gasteiger partial charge in [-0.2, -0.15) is 0 Å². The summed E-state index contributed by atoms with van der Waals surface area (Å²) >= 11 is 6.80. The van der Waals surface area contributed by atoms with Crippen molar-refractivity contribution in [2.24, 2.45) is 0 Å². The number of aromatic nitrogens is 1. The fourth-order valence-corrected chi connectivity index (χ4v) is 4.61. The van der Waals surface area contributed by atoms with Crippen molar-refractivity contribution in [3.8, 4) is 11.5 Å². The van der Waals surface area contributed by atoms with Crippen molar-refractivity contribution < 1.29 is 14.3 Å². The van der Waals surface area contributed by atoms with Gasteiger partial charge in [-0.15, -0.1) is 0 Å². The largest absolute Gasteiger partial charge is 0.493 e. The van der Waals surface area contributed by atoms with Crippen molar-refractivity contribution in [3.63, 3.8) is 0 Å². The lowest BCUT2D eigenvalue weighted by atomic mass is 10.1. The number of pyridine rings is 1. The lowest BCUT2D eigenvalue weighted by Crippen LogP contribution is -2.30. The molecule has 4 rings (SSSR count). The molecular formula is C23H20N2O3S2. The van der Waals surface area contributed by atoms with Gasteiger partial charge in [0.15, 0.2) is 11.5 Å². The van der Waals surface area contributed by atoms with Crippen LogP contribution in [0.2, 0.25) is 0 Å². The second-order valence-corrected chi connectivity index (χ2v) is 8.40. The Labute approximate surface area is 184 Å². The van der Waals surface area contributed by atoms with E-state index in [4.69, 9.17) is 21.7 Å². The van der Waals surface area contributed by atoms with Crippen molar-refractivity contribution in [2.45, 2.75) is 6.42 Å². The first-order valence-electron chi connectivity index (χ1n) is 9.40. The number of thioether (sulfide) groups is 1. The first kappa shape index (κ1) is 20.4. The van der Waals surface area contributed by atoms with Crippen LogP contribution in [0, 0.1) is 0 Å². The molecule has 2 heterocycles.